The summed E-state index contributed by atoms with van der Waals surface area (Å²) >= 11 is 5.85. The van der Waals surface area contributed by atoms with Crippen molar-refractivity contribution in [1.29, 1.82) is 0 Å². The van der Waals surface area contributed by atoms with E-state index in [4.69, 9.17) is 22.2 Å². The van der Waals surface area contributed by atoms with E-state index >= 15 is 0 Å². The number of nitrogens with one attached hydrogen (secondary N) is 2. The van der Waals surface area contributed by atoms with Crippen LogP contribution in [0.4, 0.5) is 21.7 Å². The maximum absolute atomic E-state index is 13.7. The maximum Gasteiger partial charge on any atom is 0.158 e. The van der Waals surface area contributed by atoms with Gasteiger partial charge in [-0.1, -0.05) is 11.6 Å². The number of rotatable bonds is 6. The molecule has 112 valence electrons. The number of hydrazine groups is 1. The van der Waals surface area contributed by atoms with E-state index < -0.39 is 5.82 Å². The van der Waals surface area contributed by atoms with Gasteiger partial charge in [0.25, 0.3) is 0 Å². The predicted octanol–water partition coefficient (Wildman–Crippen LogP) is 2.83. The molecule has 0 radical (unpaired) electrons. The van der Waals surface area contributed by atoms with Gasteiger partial charge in [-0.15, -0.1) is 0 Å². The van der Waals surface area contributed by atoms with Crippen LogP contribution in [0.2, 0.25) is 5.02 Å². The third-order valence-electron chi connectivity index (χ3n) is 2.55. The van der Waals surface area contributed by atoms with Crippen LogP contribution in [-0.4, -0.2) is 16.6 Å². The molecular formula is C13H15ClFN5O. The van der Waals surface area contributed by atoms with E-state index in [1.807, 2.05) is 6.92 Å². The lowest BCUT2D eigenvalue weighted by Crippen LogP contribution is -2.12. The fourth-order valence-corrected chi connectivity index (χ4v) is 1.80. The van der Waals surface area contributed by atoms with Crippen molar-refractivity contribution in [2.24, 2.45) is 5.84 Å². The van der Waals surface area contributed by atoms with E-state index in [2.05, 4.69) is 20.7 Å². The van der Waals surface area contributed by atoms with Crippen LogP contribution in [0.15, 0.2) is 24.3 Å². The Morgan fingerprint density at radius 2 is 2.05 bits per heavy atom. The van der Waals surface area contributed by atoms with Gasteiger partial charge >= 0.3 is 0 Å². The summed E-state index contributed by atoms with van der Waals surface area (Å²) in [5, 5.41) is 3.26. The van der Waals surface area contributed by atoms with Gasteiger partial charge in [0.15, 0.2) is 5.82 Å². The second-order valence-corrected chi connectivity index (χ2v) is 4.52. The highest BCUT2D eigenvalue weighted by Gasteiger charge is 2.08. The monoisotopic (exact) mass is 311 g/mol. The molecule has 6 nitrogen and oxygen atoms in total. The average molecular weight is 312 g/mol. The van der Waals surface area contributed by atoms with Crippen molar-refractivity contribution in [1.82, 2.24) is 9.97 Å². The molecule has 0 atom stereocenters. The summed E-state index contributed by atoms with van der Waals surface area (Å²) in [4.78, 5) is 8.37. The van der Waals surface area contributed by atoms with Crippen molar-refractivity contribution < 1.29 is 9.13 Å². The van der Waals surface area contributed by atoms with Crippen LogP contribution in [0.25, 0.3) is 0 Å². The Labute approximate surface area is 126 Å². The number of nitrogens with two attached hydrogens (primary N) is 1. The van der Waals surface area contributed by atoms with Gasteiger partial charge in [0, 0.05) is 17.7 Å². The molecule has 0 fully saturated rings. The number of halogens is 2. The lowest BCUT2D eigenvalue weighted by molar-refractivity contribution is 0.128. The fourth-order valence-electron chi connectivity index (χ4n) is 1.62. The molecule has 0 unspecified atom stereocenters. The Kier molecular flexibility index (Phi) is 5.26. The predicted molar refractivity (Wildman–Crippen MR) is 79.9 cm³/mol. The normalized spacial score (nSPS) is 10.5. The van der Waals surface area contributed by atoms with E-state index in [0.717, 1.165) is 0 Å². The minimum Gasteiger partial charge on any atom is -0.374 e. The van der Waals surface area contributed by atoms with Gasteiger partial charge in [0.2, 0.25) is 0 Å². The number of hydrogen-bond acceptors (Lipinski definition) is 6. The number of nitrogen functional groups attached to an aromatic ring is 1. The molecule has 0 bridgehead atoms. The van der Waals surface area contributed by atoms with Crippen molar-refractivity contribution >= 4 is 28.9 Å². The van der Waals surface area contributed by atoms with E-state index in [1.54, 1.807) is 6.07 Å². The zero-order valence-electron chi connectivity index (χ0n) is 11.4. The molecule has 0 saturated carbocycles. The Morgan fingerprint density at radius 3 is 2.76 bits per heavy atom. The molecule has 1 heterocycles. The first-order valence-electron chi connectivity index (χ1n) is 6.26. The summed E-state index contributed by atoms with van der Waals surface area (Å²) in [6.07, 6.45) is 0. The number of hydrogen-bond donors (Lipinski definition) is 3. The molecule has 0 amide bonds. The minimum absolute atomic E-state index is 0.214. The summed E-state index contributed by atoms with van der Waals surface area (Å²) in [6, 6.07) is 5.76. The van der Waals surface area contributed by atoms with Crippen molar-refractivity contribution in [3.8, 4) is 0 Å². The highest BCUT2D eigenvalue weighted by molar-refractivity contribution is 6.30. The van der Waals surface area contributed by atoms with Gasteiger partial charge < -0.3 is 15.5 Å². The third-order valence-corrected chi connectivity index (χ3v) is 2.78. The Bertz CT molecular complexity index is 626. The summed E-state index contributed by atoms with van der Waals surface area (Å²) in [7, 11) is 0. The summed E-state index contributed by atoms with van der Waals surface area (Å²) in [5.74, 6) is 6.13. The Morgan fingerprint density at radius 1 is 1.29 bits per heavy atom. The molecule has 2 aromatic rings. The number of aromatic nitrogens is 2. The first-order valence-corrected chi connectivity index (χ1v) is 6.64. The molecule has 21 heavy (non-hydrogen) atoms. The minimum atomic E-state index is -0.438. The van der Waals surface area contributed by atoms with Gasteiger partial charge in [0.05, 0.1) is 5.69 Å². The van der Waals surface area contributed by atoms with Crippen LogP contribution in [0.3, 0.4) is 0 Å². The molecule has 0 spiro atoms. The number of nitrogens with zero attached hydrogens (tertiary/aromatic N) is 2. The van der Waals surface area contributed by atoms with Crippen molar-refractivity contribution in [2.75, 3.05) is 17.3 Å². The second-order valence-electron chi connectivity index (χ2n) is 4.09. The van der Waals surface area contributed by atoms with Crippen molar-refractivity contribution in [3.63, 3.8) is 0 Å². The van der Waals surface area contributed by atoms with Gasteiger partial charge in [-0.05, 0) is 25.1 Å². The zero-order chi connectivity index (χ0) is 15.2. The van der Waals surface area contributed by atoms with Crippen LogP contribution in [0, 0.1) is 5.82 Å². The van der Waals surface area contributed by atoms with Gasteiger partial charge in [-0.3, -0.25) is 0 Å². The molecule has 2 rings (SSSR count). The summed E-state index contributed by atoms with van der Waals surface area (Å²) in [5.41, 5.74) is 2.64. The lowest BCUT2D eigenvalue weighted by Gasteiger charge is -2.10. The van der Waals surface area contributed by atoms with Crippen molar-refractivity contribution in [3.05, 3.63) is 40.9 Å². The second kappa shape index (κ2) is 7.16. The summed E-state index contributed by atoms with van der Waals surface area (Å²) in [6.45, 7) is 2.64. The first kappa shape index (κ1) is 15.4. The maximum atomic E-state index is 13.7. The zero-order valence-corrected chi connectivity index (χ0v) is 12.1. The van der Waals surface area contributed by atoms with Crippen LogP contribution in [-0.2, 0) is 11.3 Å². The quantitative estimate of drug-likeness (QED) is 0.562. The van der Waals surface area contributed by atoms with Crippen LogP contribution in [0.5, 0.6) is 0 Å². The van der Waals surface area contributed by atoms with Gasteiger partial charge in [-0.2, -0.15) is 0 Å². The molecule has 1 aromatic carbocycles. The average Bonchev–Trinajstić information content (AvgIpc) is 2.48. The SMILES string of the molecule is CCOCc1nc(NN)cc(Nc2cc(Cl)ccc2F)n1. The van der Waals surface area contributed by atoms with Gasteiger partial charge in [-0.25, -0.2) is 20.2 Å². The highest BCUT2D eigenvalue weighted by Crippen LogP contribution is 2.23. The molecular weight excluding hydrogens is 297 g/mol. The Balaban J connectivity index is 2.27. The number of anilines is 3. The largest absolute Gasteiger partial charge is 0.374 e. The van der Waals surface area contributed by atoms with Crippen LogP contribution >= 0.6 is 11.6 Å². The highest BCUT2D eigenvalue weighted by atomic mass is 35.5. The number of ether oxygens (including phenoxy) is 1. The summed E-state index contributed by atoms with van der Waals surface area (Å²) < 4.78 is 19.0. The standard InChI is InChI=1S/C13H15ClFN5O/c1-2-21-7-13-18-11(6-12(19-13)20-16)17-10-5-8(14)3-4-9(10)15/h3-6H,2,7,16H2,1H3,(H2,17,18,19,20). The van der Waals surface area contributed by atoms with E-state index in [0.29, 0.717) is 29.1 Å². The first-order chi connectivity index (χ1) is 10.1. The molecule has 0 aliphatic rings. The molecule has 8 heteroatoms. The van der Waals surface area contributed by atoms with E-state index in [-0.39, 0.29) is 12.3 Å². The lowest BCUT2D eigenvalue weighted by atomic mass is 10.3. The fraction of sp³-hybridized carbons (Fsp3) is 0.231. The smallest absolute Gasteiger partial charge is 0.158 e. The van der Waals surface area contributed by atoms with E-state index in [9.17, 15) is 4.39 Å². The molecule has 0 aliphatic carbocycles. The van der Waals surface area contributed by atoms with Crippen LogP contribution < -0.4 is 16.6 Å². The molecule has 4 N–H and O–H groups in total. The Hall–Kier alpha value is -1.96. The third kappa shape index (κ3) is 4.25. The topological polar surface area (TPSA) is 85.1 Å². The van der Waals surface area contributed by atoms with E-state index in [1.165, 1.54) is 18.2 Å². The molecule has 0 saturated heterocycles. The van der Waals surface area contributed by atoms with Gasteiger partial charge in [0.1, 0.15) is 24.1 Å². The molecule has 0 aliphatic heterocycles. The number of benzene rings is 1. The molecule has 1 aromatic heterocycles. The van der Waals surface area contributed by atoms with Crippen molar-refractivity contribution in [2.45, 2.75) is 13.5 Å². The van der Waals surface area contributed by atoms with Crippen LogP contribution in [0.1, 0.15) is 12.7 Å².